The van der Waals surface area contributed by atoms with Gasteiger partial charge in [-0.3, -0.25) is 4.98 Å². The van der Waals surface area contributed by atoms with Gasteiger partial charge in [-0.2, -0.15) is 10.4 Å². The molecule has 8 nitrogen and oxygen atoms in total. The summed E-state index contributed by atoms with van der Waals surface area (Å²) < 4.78 is 75.7. The molecule has 0 saturated carbocycles. The fourth-order valence-electron chi connectivity index (χ4n) is 9.53. The molecule has 7 aromatic carbocycles. The van der Waals surface area contributed by atoms with Gasteiger partial charge in [0.25, 0.3) is 0 Å². The number of benzene rings is 7. The summed E-state index contributed by atoms with van der Waals surface area (Å²) in [5, 5.41) is 19.7. The van der Waals surface area contributed by atoms with Gasteiger partial charge < -0.3 is 14.0 Å². The number of nitriles is 1. The minimum atomic E-state index is -2.55. The van der Waals surface area contributed by atoms with Crippen LogP contribution in [0.5, 0.6) is 0 Å². The van der Waals surface area contributed by atoms with Crippen molar-refractivity contribution in [3.05, 3.63) is 173 Å². The minimum Gasteiger partial charge on any atom is -0.500 e. The summed E-state index contributed by atoms with van der Waals surface area (Å²) in [7, 11) is 1.80. The van der Waals surface area contributed by atoms with Crippen molar-refractivity contribution >= 4 is 54.5 Å². The smallest absolute Gasteiger partial charge is 0.159 e. The van der Waals surface area contributed by atoms with Crippen LogP contribution >= 0.6 is 0 Å². The van der Waals surface area contributed by atoms with Crippen LogP contribution in [0.15, 0.2) is 126 Å². The predicted molar refractivity (Wildman–Crippen MR) is 286 cm³/mol. The Morgan fingerprint density at radius 2 is 1.54 bits per heavy atom. The van der Waals surface area contributed by atoms with E-state index in [-0.39, 0.29) is 36.8 Å². The molecule has 0 saturated heterocycles. The van der Waals surface area contributed by atoms with E-state index in [0.29, 0.717) is 57.0 Å². The molecule has 0 spiro atoms. The number of hydrogen-bond acceptors (Lipinski definition) is 6. The van der Waals surface area contributed by atoms with Crippen LogP contribution in [-0.2, 0) is 33.5 Å². The Hall–Kier alpha value is -7.24. The van der Waals surface area contributed by atoms with E-state index in [2.05, 4.69) is 89.8 Å². The molecule has 0 unspecified atom stereocenters. The van der Waals surface area contributed by atoms with Gasteiger partial charge in [-0.15, -0.1) is 53.6 Å². The fourth-order valence-corrected chi connectivity index (χ4v) is 9.53. The van der Waals surface area contributed by atoms with Crippen molar-refractivity contribution in [3.8, 4) is 45.8 Å². The summed E-state index contributed by atoms with van der Waals surface area (Å²) >= 11 is 0. The van der Waals surface area contributed by atoms with Crippen molar-refractivity contribution in [3.63, 3.8) is 0 Å². The summed E-state index contributed by atoms with van der Waals surface area (Å²) in [5.41, 5.74) is 8.85. The van der Waals surface area contributed by atoms with E-state index >= 15 is 0 Å². The van der Waals surface area contributed by atoms with Crippen molar-refractivity contribution in [1.29, 1.82) is 5.26 Å². The average Bonchev–Trinajstić information content (AvgIpc) is 4.34. The van der Waals surface area contributed by atoms with Gasteiger partial charge in [0.1, 0.15) is 17.5 Å². The molecule has 0 aliphatic rings. The number of aryl methyl sites for hydroxylation is 4. The molecule has 11 rings (SSSR count). The molecule has 9 heteroatoms. The van der Waals surface area contributed by atoms with Gasteiger partial charge in [0.05, 0.1) is 28.0 Å². The van der Waals surface area contributed by atoms with E-state index in [0.717, 1.165) is 60.4 Å². The van der Waals surface area contributed by atoms with E-state index in [1.54, 1.807) is 50.7 Å². The number of nitrogens with zero attached hydrogens (tertiary/aromatic N) is 7. The van der Waals surface area contributed by atoms with Gasteiger partial charge in [-0.1, -0.05) is 139 Å². The molecule has 71 heavy (non-hydrogen) atoms. The molecule has 0 bridgehead atoms. The summed E-state index contributed by atoms with van der Waals surface area (Å²) in [6.45, 7) is 11.2. The second-order valence-corrected chi connectivity index (χ2v) is 19.4. The van der Waals surface area contributed by atoms with Crippen LogP contribution in [0.4, 0.5) is 0 Å². The summed E-state index contributed by atoms with van der Waals surface area (Å²) in [6.07, 6.45) is -0.731. The summed E-state index contributed by atoms with van der Waals surface area (Å²) in [4.78, 5) is 14.0. The standard InChI is InChI=1S/C36H30N5O.C26H27N2.Ir/c1-20-19-38-31(16-23(20)17-36(3,4)5)29-9-7-8-26-27-13-11-22-10-12-24-25(32(22)34(27)42-33(26)29)14-15-28(30(24)18-37)35-39-21(2)40-41(35)6;1-17(2)21-9-8-10-22(18(3)4)25(21)28-24-12-7-6-11-23(24)27-26(28)20-15-13-19(5)14-16-20;/h7-8,10-16,19H,17H2,1-6H3;6-15,17-18H,1-5H3;/q2*-1;/i1D3,17D2;5D3;. The molecule has 4 heterocycles. The summed E-state index contributed by atoms with van der Waals surface area (Å²) in [5.74, 6) is 2.67. The van der Waals surface area contributed by atoms with Crippen LogP contribution in [-0.4, -0.2) is 29.3 Å². The maximum atomic E-state index is 10.3. The molecule has 0 aliphatic carbocycles. The third kappa shape index (κ3) is 8.97. The van der Waals surface area contributed by atoms with Crippen LogP contribution in [0.3, 0.4) is 0 Å². The number of furan rings is 1. The third-order valence-corrected chi connectivity index (χ3v) is 12.6. The Balaban J connectivity index is 0.000000206. The van der Waals surface area contributed by atoms with E-state index < -0.39 is 25.5 Å². The van der Waals surface area contributed by atoms with Crippen LogP contribution in [0.25, 0.3) is 94.2 Å². The zero-order valence-corrected chi connectivity index (χ0v) is 43.5. The number of rotatable bonds is 7. The first kappa shape index (κ1) is 39.5. The van der Waals surface area contributed by atoms with Crippen molar-refractivity contribution in [2.24, 2.45) is 12.5 Å². The second kappa shape index (κ2) is 19.2. The molecule has 0 N–H and O–H groups in total. The number of hydrogen-bond donors (Lipinski definition) is 0. The molecular formula is C62H57IrN7O-2. The van der Waals surface area contributed by atoms with E-state index in [1.165, 1.54) is 23.4 Å². The second-order valence-electron chi connectivity index (χ2n) is 19.4. The topological polar surface area (TPSA) is 98.3 Å². The first-order valence-corrected chi connectivity index (χ1v) is 23.5. The maximum absolute atomic E-state index is 10.3. The number of imidazole rings is 1. The van der Waals surface area contributed by atoms with Crippen molar-refractivity contribution in [1.82, 2.24) is 29.3 Å². The van der Waals surface area contributed by atoms with Crippen LogP contribution < -0.4 is 0 Å². The Kier molecular flexibility index (Phi) is 10.7. The molecule has 0 atom stereocenters. The van der Waals surface area contributed by atoms with Crippen LogP contribution in [0, 0.1) is 49.5 Å². The summed E-state index contributed by atoms with van der Waals surface area (Å²) in [6, 6.07) is 45.4. The molecule has 1 radical (unpaired) electrons. The number of pyridine rings is 1. The van der Waals surface area contributed by atoms with Crippen molar-refractivity contribution < 1.29 is 35.5 Å². The maximum Gasteiger partial charge on any atom is 0.159 e. The van der Waals surface area contributed by atoms with Gasteiger partial charge in [0.15, 0.2) is 5.82 Å². The van der Waals surface area contributed by atoms with E-state index in [4.69, 9.17) is 20.4 Å². The van der Waals surface area contributed by atoms with Gasteiger partial charge in [-0.05, 0) is 88.8 Å². The number of fused-ring (bicyclic) bond motifs is 8. The van der Waals surface area contributed by atoms with E-state index in [1.807, 2.05) is 73.7 Å². The normalized spacial score (nSPS) is 14.0. The Morgan fingerprint density at radius 3 is 2.20 bits per heavy atom. The Labute approximate surface area is 441 Å². The molecule has 357 valence electrons. The van der Waals surface area contributed by atoms with Crippen LogP contribution in [0.1, 0.15) is 110 Å². The third-order valence-electron chi connectivity index (χ3n) is 12.6. The van der Waals surface area contributed by atoms with Gasteiger partial charge in [0, 0.05) is 71.7 Å². The Morgan fingerprint density at radius 1 is 0.803 bits per heavy atom. The average molecular weight is 1120 g/mol. The fraction of sp³-hybridized carbons (Fsp3) is 0.242. The van der Waals surface area contributed by atoms with Crippen LogP contribution in [0.2, 0.25) is 0 Å². The van der Waals surface area contributed by atoms with Gasteiger partial charge >= 0.3 is 0 Å². The minimum absolute atomic E-state index is 0. The zero-order valence-electron chi connectivity index (χ0n) is 49.1. The molecule has 11 aromatic rings. The van der Waals surface area contributed by atoms with Crippen molar-refractivity contribution in [2.75, 3.05) is 0 Å². The Bertz CT molecular complexity index is 4170. The number of aromatic nitrogens is 6. The predicted octanol–water partition coefficient (Wildman–Crippen LogP) is 15.7. The molecular weight excluding hydrogens is 1050 g/mol. The molecule has 0 aliphatic heterocycles. The largest absolute Gasteiger partial charge is 0.500 e. The number of para-hydroxylation sites is 3. The van der Waals surface area contributed by atoms with Gasteiger partial charge in [0.2, 0.25) is 0 Å². The first-order chi connectivity index (χ1) is 36.8. The first-order valence-electron chi connectivity index (χ1n) is 27.5. The monoisotopic (exact) mass is 1120 g/mol. The molecule has 0 amide bonds. The molecule has 4 aromatic heterocycles. The van der Waals surface area contributed by atoms with Gasteiger partial charge in [-0.25, -0.2) is 9.67 Å². The van der Waals surface area contributed by atoms with E-state index in [9.17, 15) is 5.26 Å². The quantitative estimate of drug-likeness (QED) is 0.116. The van der Waals surface area contributed by atoms with Crippen molar-refractivity contribution in [2.45, 2.75) is 87.3 Å². The SMILES string of the molecule is [2H]C([2H])([2H])c1c[c-]c(-c2nc3ccccc3n2-c2c(C(C)C)cccc2C(C)C)cc1.[2H]C([2H])([2H])c1cnc(-c2[c-]ccc3c2oc2c3ccc3ccc4c(C#N)c(-c5nc(C)nn5C)ccc4c32)cc1C([2H])([2H])C(C)(C)C.[Ir]. The molecule has 0 fully saturated rings. The zero-order chi connectivity index (χ0) is 56.0.